The standard InChI is InChI=1S/C15H28N2O2.ClH/c1-19-13-15(7-9-16-10-8-15)14(18)17-11-5-3-2-4-6-12-17;/h16H,2-13H2,1H3;1H. The molecule has 0 spiro atoms. The third-order valence-corrected chi connectivity index (χ3v) is 4.58. The van der Waals surface area contributed by atoms with E-state index in [1.807, 2.05) is 0 Å². The summed E-state index contributed by atoms with van der Waals surface area (Å²) in [5.74, 6) is 0.345. The molecule has 2 fully saturated rings. The van der Waals surface area contributed by atoms with E-state index in [1.165, 1.54) is 19.3 Å². The van der Waals surface area contributed by atoms with Crippen LogP contribution < -0.4 is 5.32 Å². The van der Waals surface area contributed by atoms with Crippen molar-refractivity contribution in [2.45, 2.75) is 44.9 Å². The van der Waals surface area contributed by atoms with Crippen molar-refractivity contribution in [2.24, 2.45) is 5.41 Å². The zero-order chi connectivity index (χ0) is 13.6. The number of nitrogens with zero attached hydrogens (tertiary/aromatic N) is 1. The van der Waals surface area contributed by atoms with Gasteiger partial charge in [0.15, 0.2) is 0 Å². The number of amides is 1. The molecule has 118 valence electrons. The van der Waals surface area contributed by atoms with Gasteiger partial charge in [0.25, 0.3) is 0 Å². The summed E-state index contributed by atoms with van der Waals surface area (Å²) >= 11 is 0. The third kappa shape index (κ3) is 4.34. The molecule has 2 rings (SSSR count). The molecule has 5 heteroatoms. The van der Waals surface area contributed by atoms with Crippen LogP contribution in [-0.4, -0.2) is 50.7 Å². The second-order valence-electron chi connectivity index (χ2n) is 6.02. The summed E-state index contributed by atoms with van der Waals surface area (Å²) in [4.78, 5) is 15.1. The Labute approximate surface area is 129 Å². The van der Waals surface area contributed by atoms with E-state index in [0.29, 0.717) is 12.5 Å². The highest BCUT2D eigenvalue weighted by molar-refractivity contribution is 5.85. The number of ether oxygens (including phenoxy) is 1. The van der Waals surface area contributed by atoms with Crippen LogP contribution in [-0.2, 0) is 9.53 Å². The van der Waals surface area contributed by atoms with E-state index < -0.39 is 0 Å². The molecular weight excluding hydrogens is 276 g/mol. The SMILES string of the molecule is COCC1(C(=O)N2CCCCCCC2)CCNCC1.Cl. The summed E-state index contributed by atoms with van der Waals surface area (Å²) in [5.41, 5.74) is -0.265. The molecule has 20 heavy (non-hydrogen) atoms. The highest BCUT2D eigenvalue weighted by Crippen LogP contribution is 2.32. The molecule has 0 atom stereocenters. The van der Waals surface area contributed by atoms with E-state index in [9.17, 15) is 4.79 Å². The first-order chi connectivity index (χ1) is 9.28. The van der Waals surface area contributed by atoms with Gasteiger partial charge in [-0.3, -0.25) is 4.79 Å². The van der Waals surface area contributed by atoms with Crippen LogP contribution in [0.4, 0.5) is 0 Å². The Balaban J connectivity index is 0.00000200. The fraction of sp³-hybridized carbons (Fsp3) is 0.933. The van der Waals surface area contributed by atoms with Crippen molar-refractivity contribution in [3.8, 4) is 0 Å². The first-order valence-corrected chi connectivity index (χ1v) is 7.77. The van der Waals surface area contributed by atoms with E-state index in [4.69, 9.17) is 4.74 Å². The topological polar surface area (TPSA) is 41.6 Å². The minimum atomic E-state index is -0.265. The zero-order valence-corrected chi connectivity index (χ0v) is 13.5. The molecule has 2 aliphatic heterocycles. The van der Waals surface area contributed by atoms with Crippen LogP contribution in [0.15, 0.2) is 0 Å². The van der Waals surface area contributed by atoms with E-state index in [-0.39, 0.29) is 17.8 Å². The Morgan fingerprint density at radius 3 is 2.20 bits per heavy atom. The number of likely N-dealkylation sites (tertiary alicyclic amines) is 1. The Morgan fingerprint density at radius 1 is 1.10 bits per heavy atom. The Hall–Kier alpha value is -0.320. The first kappa shape index (κ1) is 17.7. The molecule has 0 radical (unpaired) electrons. The van der Waals surface area contributed by atoms with Crippen LogP contribution in [0.25, 0.3) is 0 Å². The smallest absolute Gasteiger partial charge is 0.231 e. The molecule has 0 aliphatic carbocycles. The van der Waals surface area contributed by atoms with Crippen molar-refractivity contribution < 1.29 is 9.53 Å². The largest absolute Gasteiger partial charge is 0.384 e. The van der Waals surface area contributed by atoms with Gasteiger partial charge in [-0.25, -0.2) is 0 Å². The van der Waals surface area contributed by atoms with Crippen molar-refractivity contribution >= 4 is 18.3 Å². The molecule has 0 aromatic rings. The van der Waals surface area contributed by atoms with E-state index in [1.54, 1.807) is 7.11 Å². The van der Waals surface area contributed by atoms with Gasteiger partial charge in [0.2, 0.25) is 5.91 Å². The fourth-order valence-corrected chi connectivity index (χ4v) is 3.39. The highest BCUT2D eigenvalue weighted by Gasteiger charge is 2.42. The number of hydrogen-bond acceptors (Lipinski definition) is 3. The van der Waals surface area contributed by atoms with Crippen molar-refractivity contribution in [3.63, 3.8) is 0 Å². The van der Waals surface area contributed by atoms with Crippen LogP contribution in [0.1, 0.15) is 44.9 Å². The Morgan fingerprint density at radius 2 is 1.65 bits per heavy atom. The van der Waals surface area contributed by atoms with Crippen LogP contribution in [0.5, 0.6) is 0 Å². The minimum absolute atomic E-state index is 0. The Bertz CT molecular complexity index is 280. The van der Waals surface area contributed by atoms with Crippen LogP contribution in [0.3, 0.4) is 0 Å². The number of methoxy groups -OCH3 is 1. The van der Waals surface area contributed by atoms with Crippen LogP contribution in [0, 0.1) is 5.41 Å². The van der Waals surface area contributed by atoms with Crippen molar-refractivity contribution in [2.75, 3.05) is 39.9 Å². The average Bonchev–Trinajstić information content (AvgIpc) is 2.39. The van der Waals surface area contributed by atoms with Crippen molar-refractivity contribution in [1.82, 2.24) is 10.2 Å². The zero-order valence-electron chi connectivity index (χ0n) is 12.7. The summed E-state index contributed by atoms with van der Waals surface area (Å²) in [6, 6.07) is 0. The van der Waals surface area contributed by atoms with Crippen LogP contribution >= 0.6 is 12.4 Å². The predicted molar refractivity (Wildman–Crippen MR) is 83.3 cm³/mol. The van der Waals surface area contributed by atoms with E-state index in [2.05, 4.69) is 10.2 Å². The van der Waals surface area contributed by atoms with Gasteiger partial charge in [0.1, 0.15) is 0 Å². The lowest BCUT2D eigenvalue weighted by atomic mass is 9.78. The molecular formula is C15H29ClN2O2. The first-order valence-electron chi connectivity index (χ1n) is 7.77. The maximum atomic E-state index is 12.9. The molecule has 0 aromatic carbocycles. The number of halogens is 1. The highest BCUT2D eigenvalue weighted by atomic mass is 35.5. The van der Waals surface area contributed by atoms with Gasteiger partial charge in [-0.2, -0.15) is 0 Å². The molecule has 1 N–H and O–H groups in total. The molecule has 0 bridgehead atoms. The molecule has 1 amide bonds. The number of carbonyl (C=O) groups excluding carboxylic acids is 1. The number of nitrogens with one attached hydrogen (secondary N) is 1. The monoisotopic (exact) mass is 304 g/mol. The number of hydrogen-bond donors (Lipinski definition) is 1. The van der Waals surface area contributed by atoms with Crippen molar-refractivity contribution in [1.29, 1.82) is 0 Å². The minimum Gasteiger partial charge on any atom is -0.384 e. The molecule has 0 saturated carbocycles. The summed E-state index contributed by atoms with van der Waals surface area (Å²) in [7, 11) is 1.71. The summed E-state index contributed by atoms with van der Waals surface area (Å²) in [5, 5.41) is 3.35. The van der Waals surface area contributed by atoms with E-state index >= 15 is 0 Å². The maximum Gasteiger partial charge on any atom is 0.231 e. The van der Waals surface area contributed by atoms with E-state index in [0.717, 1.165) is 51.9 Å². The summed E-state index contributed by atoms with van der Waals surface area (Å²) in [6.07, 6.45) is 8.01. The molecule has 2 aliphatic rings. The van der Waals surface area contributed by atoms with Gasteiger partial charge in [-0.15, -0.1) is 12.4 Å². The molecule has 2 saturated heterocycles. The maximum absolute atomic E-state index is 12.9. The van der Waals surface area contributed by atoms with Crippen LogP contribution in [0.2, 0.25) is 0 Å². The lowest BCUT2D eigenvalue weighted by Gasteiger charge is -2.40. The van der Waals surface area contributed by atoms with Gasteiger partial charge < -0.3 is 15.0 Å². The van der Waals surface area contributed by atoms with Gasteiger partial charge in [0.05, 0.1) is 12.0 Å². The lowest BCUT2D eigenvalue weighted by Crippen LogP contribution is -2.52. The van der Waals surface area contributed by atoms with Crippen molar-refractivity contribution in [3.05, 3.63) is 0 Å². The second kappa shape index (κ2) is 8.85. The quantitative estimate of drug-likeness (QED) is 0.869. The Kier molecular flexibility index (Phi) is 7.85. The predicted octanol–water partition coefficient (Wildman–Crippen LogP) is 2.22. The number of carbonyl (C=O) groups is 1. The molecule has 2 heterocycles. The third-order valence-electron chi connectivity index (χ3n) is 4.58. The average molecular weight is 305 g/mol. The normalized spacial score (nSPS) is 23.4. The van der Waals surface area contributed by atoms with Gasteiger partial charge in [-0.05, 0) is 38.8 Å². The summed E-state index contributed by atoms with van der Waals surface area (Å²) < 4.78 is 5.38. The van der Waals surface area contributed by atoms with Gasteiger partial charge in [0, 0.05) is 20.2 Å². The van der Waals surface area contributed by atoms with Gasteiger partial charge >= 0.3 is 0 Å². The fourth-order valence-electron chi connectivity index (χ4n) is 3.39. The summed E-state index contributed by atoms with van der Waals surface area (Å²) in [6.45, 7) is 4.32. The number of piperidine rings is 1. The van der Waals surface area contributed by atoms with Gasteiger partial charge in [-0.1, -0.05) is 19.3 Å². The molecule has 0 unspecified atom stereocenters. The molecule has 4 nitrogen and oxygen atoms in total. The molecule has 0 aromatic heterocycles. The number of rotatable bonds is 3. The lowest BCUT2D eigenvalue weighted by molar-refractivity contribution is -0.148. The second-order valence-corrected chi connectivity index (χ2v) is 6.02.